The molecule has 3 aliphatic rings. The van der Waals surface area contributed by atoms with Gasteiger partial charge in [0.05, 0.1) is 50.5 Å². The zero-order valence-electron chi connectivity index (χ0n) is 52.4. The summed E-state index contributed by atoms with van der Waals surface area (Å²) in [6, 6.07) is 17.4. The number of aryl methyl sites for hydroxylation is 3. The van der Waals surface area contributed by atoms with Gasteiger partial charge in [-0.3, -0.25) is 38.5 Å². The molecule has 1 aliphatic heterocycles. The van der Waals surface area contributed by atoms with Crippen LogP contribution in [0.2, 0.25) is 0 Å². The van der Waals surface area contributed by atoms with Crippen molar-refractivity contribution in [3.8, 4) is 28.5 Å². The molecule has 4 aromatic heterocycles. The number of hydrogen-bond donors (Lipinski definition) is 6. The third-order valence-corrected chi connectivity index (χ3v) is 16.0. The van der Waals surface area contributed by atoms with E-state index in [0.29, 0.717) is 72.8 Å². The first-order valence-electron chi connectivity index (χ1n) is 30.8. The molecule has 6 N–H and O–H groups in total. The van der Waals surface area contributed by atoms with Gasteiger partial charge in [0, 0.05) is 80.7 Å². The SMILES string of the molecule is COC(=O)[C@H](CCC(C)(C)C)NC(=O)c1ccc(Oc2cccc(OCC(=O)NCCOC3CN(C(=O)COCc4cn(CC(=O)N(CCO)CCCn5nccc5C(=O)N[C@H](C(=O)Nc5ccc(-c6c(C)n[nH]c6C)cc5)C(C5CC5)C5CC5)nn4)C3)c2)nc1. The maximum absolute atomic E-state index is 14.1. The molecule has 2 aliphatic carbocycles. The summed E-state index contributed by atoms with van der Waals surface area (Å²) < 4.78 is 30.8. The fraction of sp³-hybridized carbons (Fsp3) is 0.500. The average molecular weight is 1260 g/mol. The highest BCUT2D eigenvalue weighted by Gasteiger charge is 2.48. The monoisotopic (exact) mass is 1250 g/mol. The lowest BCUT2D eigenvalue weighted by atomic mass is 9.88. The van der Waals surface area contributed by atoms with Crippen LogP contribution in [-0.4, -0.2) is 181 Å². The van der Waals surface area contributed by atoms with Crippen molar-refractivity contribution in [2.24, 2.45) is 23.2 Å². The molecule has 91 heavy (non-hydrogen) atoms. The van der Waals surface area contributed by atoms with Crippen LogP contribution in [0.1, 0.15) is 104 Å². The molecule has 486 valence electrons. The van der Waals surface area contributed by atoms with Gasteiger partial charge in [-0.15, -0.1) is 5.10 Å². The minimum atomic E-state index is -0.799. The first kappa shape index (κ1) is 66.3. The quantitative estimate of drug-likeness (QED) is 0.0234. The van der Waals surface area contributed by atoms with Gasteiger partial charge in [-0.1, -0.05) is 44.2 Å². The molecule has 0 spiro atoms. The number of rotatable bonds is 34. The predicted octanol–water partition coefficient (Wildman–Crippen LogP) is 4.79. The van der Waals surface area contributed by atoms with Crippen LogP contribution in [0, 0.1) is 37.0 Å². The molecule has 9 rings (SSSR count). The number of nitrogens with zero attached hydrogens (tertiary/aromatic N) is 9. The summed E-state index contributed by atoms with van der Waals surface area (Å²) in [5.41, 5.74) is 5.38. The van der Waals surface area contributed by atoms with Gasteiger partial charge in [0.15, 0.2) is 6.61 Å². The number of aliphatic hydroxyl groups excluding tert-OH is 1. The maximum Gasteiger partial charge on any atom is 0.328 e. The molecule has 3 fully saturated rings. The first-order valence-corrected chi connectivity index (χ1v) is 30.8. The van der Waals surface area contributed by atoms with Gasteiger partial charge in [-0.25, -0.2) is 14.5 Å². The molecule has 1 saturated heterocycles. The van der Waals surface area contributed by atoms with Gasteiger partial charge in [0.25, 0.3) is 17.7 Å². The summed E-state index contributed by atoms with van der Waals surface area (Å²) in [6.07, 6.45) is 9.84. The highest BCUT2D eigenvalue weighted by molar-refractivity contribution is 6.01. The number of benzene rings is 2. The number of likely N-dealkylation sites (tertiary alicyclic amines) is 1. The van der Waals surface area contributed by atoms with Crippen molar-refractivity contribution < 1.29 is 62.4 Å². The van der Waals surface area contributed by atoms with E-state index in [9.17, 15) is 38.7 Å². The lowest BCUT2D eigenvalue weighted by molar-refractivity contribution is -0.150. The number of aliphatic hydroxyl groups is 1. The Hall–Kier alpha value is -9.08. The molecule has 5 heterocycles. The number of ether oxygens (including phenoxy) is 5. The second kappa shape index (κ2) is 31.1. The zero-order chi connectivity index (χ0) is 64.6. The summed E-state index contributed by atoms with van der Waals surface area (Å²) in [7, 11) is 1.28. The molecule has 0 unspecified atom stereocenters. The molecule has 2 atom stereocenters. The molecule has 0 bridgehead atoms. The minimum absolute atomic E-state index is 0.0164. The summed E-state index contributed by atoms with van der Waals surface area (Å²) in [4.78, 5) is 99.7. The normalized spacial score (nSPS) is 14.7. The highest BCUT2D eigenvalue weighted by atomic mass is 16.5. The number of pyridine rings is 1. The predicted molar refractivity (Wildman–Crippen MR) is 330 cm³/mol. The van der Waals surface area contributed by atoms with E-state index in [0.717, 1.165) is 48.2 Å². The van der Waals surface area contributed by atoms with E-state index in [1.54, 1.807) is 46.1 Å². The summed E-state index contributed by atoms with van der Waals surface area (Å²) in [5.74, 6) is -0.884. The zero-order valence-corrected chi connectivity index (χ0v) is 52.4. The number of amides is 6. The third kappa shape index (κ3) is 19.2. The topological polar surface area (TPSA) is 331 Å². The smallest absolute Gasteiger partial charge is 0.328 e. The molecule has 0 radical (unpaired) electrons. The van der Waals surface area contributed by atoms with Gasteiger partial charge in [0.1, 0.15) is 48.1 Å². The molecule has 2 saturated carbocycles. The summed E-state index contributed by atoms with van der Waals surface area (Å²) in [6.45, 7) is 10.9. The van der Waals surface area contributed by atoms with Crippen LogP contribution in [0.25, 0.3) is 11.1 Å². The van der Waals surface area contributed by atoms with Gasteiger partial charge < -0.3 is 59.9 Å². The van der Waals surface area contributed by atoms with Crippen LogP contribution >= 0.6 is 0 Å². The number of hydrogen-bond acceptors (Lipinski definition) is 18. The van der Waals surface area contributed by atoms with Gasteiger partial charge in [0.2, 0.25) is 23.6 Å². The van der Waals surface area contributed by atoms with Crippen molar-refractivity contribution in [3.63, 3.8) is 0 Å². The fourth-order valence-corrected chi connectivity index (χ4v) is 10.9. The Labute approximate surface area is 527 Å². The van der Waals surface area contributed by atoms with Gasteiger partial charge in [-0.2, -0.15) is 10.2 Å². The van der Waals surface area contributed by atoms with Crippen LogP contribution in [0.4, 0.5) is 5.69 Å². The largest absolute Gasteiger partial charge is 0.484 e. The van der Waals surface area contributed by atoms with Crippen molar-refractivity contribution in [2.45, 2.75) is 117 Å². The molecule has 6 aromatic rings. The summed E-state index contributed by atoms with van der Waals surface area (Å²) >= 11 is 0. The Morgan fingerprint density at radius 1 is 0.890 bits per heavy atom. The number of H-pyrrole nitrogens is 1. The lowest BCUT2D eigenvalue weighted by Crippen LogP contribution is -2.56. The number of aromatic amines is 1. The van der Waals surface area contributed by atoms with E-state index in [1.807, 2.05) is 38.1 Å². The van der Waals surface area contributed by atoms with Crippen molar-refractivity contribution in [3.05, 3.63) is 114 Å². The number of carbonyl (C=O) groups excluding carboxylic acids is 7. The average Bonchev–Trinajstić information content (AvgIpc) is 1.72. The lowest BCUT2D eigenvalue weighted by Gasteiger charge is -2.38. The Bertz CT molecular complexity index is 3420. The van der Waals surface area contributed by atoms with Gasteiger partial charge in [-0.05, 0) is 124 Å². The Morgan fingerprint density at radius 3 is 2.33 bits per heavy atom. The van der Waals surface area contributed by atoms with E-state index in [1.165, 1.54) is 41.2 Å². The maximum atomic E-state index is 14.1. The third-order valence-electron chi connectivity index (χ3n) is 16.0. The van der Waals surface area contributed by atoms with Gasteiger partial charge >= 0.3 is 5.97 Å². The highest BCUT2D eigenvalue weighted by Crippen LogP contribution is 2.51. The molecular formula is C64H82N14O13. The molecule has 6 amide bonds. The van der Waals surface area contributed by atoms with Crippen LogP contribution in [0.15, 0.2) is 85.3 Å². The van der Waals surface area contributed by atoms with E-state index in [2.05, 4.69) is 72.6 Å². The first-order chi connectivity index (χ1) is 43.8. The van der Waals surface area contributed by atoms with E-state index < -0.39 is 29.9 Å². The van der Waals surface area contributed by atoms with E-state index in [-0.39, 0.29) is 118 Å². The summed E-state index contributed by atoms with van der Waals surface area (Å²) in [5, 5.41) is 41.4. The number of carbonyl (C=O) groups is 7. The number of anilines is 1. The van der Waals surface area contributed by atoms with E-state index in [4.69, 9.17) is 23.7 Å². The molecule has 2 aromatic carbocycles. The van der Waals surface area contributed by atoms with Crippen LogP contribution in [0.3, 0.4) is 0 Å². The van der Waals surface area contributed by atoms with Crippen molar-refractivity contribution in [1.29, 1.82) is 0 Å². The Kier molecular flexibility index (Phi) is 22.7. The molecular weight excluding hydrogens is 1170 g/mol. The van der Waals surface area contributed by atoms with Crippen molar-refractivity contribution in [1.82, 2.24) is 65.7 Å². The van der Waals surface area contributed by atoms with Crippen molar-refractivity contribution in [2.75, 3.05) is 71.6 Å². The number of aromatic nitrogens is 8. The Morgan fingerprint density at radius 2 is 1.65 bits per heavy atom. The second-order valence-electron chi connectivity index (χ2n) is 24.4. The van der Waals surface area contributed by atoms with Crippen LogP contribution < -0.4 is 30.7 Å². The fourth-order valence-electron chi connectivity index (χ4n) is 10.9. The van der Waals surface area contributed by atoms with Crippen molar-refractivity contribution >= 4 is 47.1 Å². The van der Waals surface area contributed by atoms with E-state index >= 15 is 0 Å². The Balaban J connectivity index is 0.634. The van der Waals surface area contributed by atoms with Crippen LogP contribution in [0.5, 0.6) is 17.4 Å². The number of methoxy groups -OCH3 is 1. The standard InChI is InChI=1S/C64H82N14O13/c1-40-57(41(2)72-71-40)42-15-18-46(19-16-42)68-62(85)59(58(43-11-12-43)44-13-14-44)70-61(84)52-22-24-67-78(52)27-8-26-75(28-29-79)55(81)36-77-33-47(73-74-77)37-88-39-56(82)76-34-50(35-76)89-30-25-65-53(80)38-90-48-9-7-10-49(31-48)91-54-20-17-45(32-66-54)60(83)69-51(63(86)87-6)21-23-64(3,4)5/h7,9-10,15-20,22,24,31-33,43-44,50-51,58-59,79H,8,11-14,21,23,25-30,34-39H2,1-6H3,(H,65,80)(H,68,85)(H,69,83)(H,70,84)(H,71,72)/t51-,59-/m0/s1. The van der Waals surface area contributed by atoms with Crippen LogP contribution in [-0.2, 0) is 57.9 Å². The number of esters is 1. The number of nitrogens with one attached hydrogen (secondary N) is 5. The minimum Gasteiger partial charge on any atom is -0.484 e. The second-order valence-corrected chi connectivity index (χ2v) is 24.4. The molecule has 27 nitrogen and oxygen atoms in total. The molecule has 27 heteroatoms.